The Morgan fingerprint density at radius 1 is 1.11 bits per heavy atom. The van der Waals surface area contributed by atoms with Gasteiger partial charge in [0, 0.05) is 26.6 Å². The Bertz CT molecular complexity index is 1730. The quantitative estimate of drug-likeness (QED) is 0.289. The van der Waals surface area contributed by atoms with E-state index in [9.17, 15) is 24.3 Å². The molecule has 2 aliphatic carbocycles. The lowest BCUT2D eigenvalue weighted by Crippen LogP contribution is -2.47. The fraction of sp³-hybridized carbons (Fsp3) is 0.455. The van der Waals surface area contributed by atoms with Crippen LogP contribution >= 0.6 is 34.7 Å². The van der Waals surface area contributed by atoms with Gasteiger partial charge in [-0.05, 0) is 67.2 Å². The molecule has 230 valence electrons. The average molecular weight is 653 g/mol. The van der Waals surface area contributed by atoms with Crippen LogP contribution in [0, 0.1) is 42.4 Å². The van der Waals surface area contributed by atoms with Gasteiger partial charge in [-0.2, -0.15) is 0 Å². The monoisotopic (exact) mass is 652 g/mol. The number of nitrogens with zero attached hydrogens (tertiary/aromatic N) is 1. The Kier molecular flexibility index (Phi) is 7.45. The maximum Gasteiger partial charge on any atom is 0.326 e. The van der Waals surface area contributed by atoms with E-state index in [0.29, 0.717) is 23.8 Å². The summed E-state index contributed by atoms with van der Waals surface area (Å²) in [6.45, 7) is 6.17. The van der Waals surface area contributed by atoms with Crippen molar-refractivity contribution in [1.82, 2.24) is 9.88 Å². The van der Waals surface area contributed by atoms with Crippen molar-refractivity contribution in [3.05, 3.63) is 78.7 Å². The summed E-state index contributed by atoms with van der Waals surface area (Å²) in [7, 11) is 0. The van der Waals surface area contributed by atoms with Crippen molar-refractivity contribution in [2.75, 3.05) is 0 Å². The molecule has 11 heteroatoms. The molecule has 2 saturated carbocycles. The van der Waals surface area contributed by atoms with Crippen molar-refractivity contribution in [2.24, 2.45) is 35.5 Å². The molecule has 2 bridgehead atoms. The summed E-state index contributed by atoms with van der Waals surface area (Å²) >= 11 is 9.36. The van der Waals surface area contributed by atoms with Gasteiger partial charge in [-0.3, -0.25) is 19.3 Å². The van der Waals surface area contributed by atoms with Crippen LogP contribution in [-0.4, -0.2) is 44.1 Å². The van der Waals surface area contributed by atoms with Gasteiger partial charge in [0.25, 0.3) is 0 Å². The van der Waals surface area contributed by atoms with Crippen LogP contribution in [0.1, 0.15) is 54.2 Å². The Hall–Kier alpha value is -3.08. The lowest BCUT2D eigenvalue weighted by Gasteiger charge is -2.43. The number of H-pyrrole nitrogens is 1. The van der Waals surface area contributed by atoms with Gasteiger partial charge in [-0.25, -0.2) is 4.79 Å². The highest BCUT2D eigenvalue weighted by molar-refractivity contribution is 8.00. The largest absolute Gasteiger partial charge is 0.489 e. The number of rotatable bonds is 8. The number of amides is 2. The van der Waals surface area contributed by atoms with Crippen LogP contribution in [0.4, 0.5) is 0 Å². The number of ether oxygens (including phenoxy) is 1. The number of aliphatic carboxylic acids is 1. The van der Waals surface area contributed by atoms with E-state index in [1.165, 1.54) is 11.3 Å². The zero-order chi connectivity index (χ0) is 31.0. The predicted octanol–water partition coefficient (Wildman–Crippen LogP) is 5.95. The van der Waals surface area contributed by atoms with Crippen molar-refractivity contribution < 1.29 is 24.2 Å². The SMILES string of the molecule is Cc1cccc(COc2ccc(Cl)cc2[C@H]2c3sc(=O)[nH]c3SC3C4CC(C5C(=O)N(C(CC(C)C)C(=O)O)C(=O)C45)C32)c1. The number of aromatic nitrogens is 1. The molecule has 8 atom stereocenters. The summed E-state index contributed by atoms with van der Waals surface area (Å²) in [6, 6.07) is 12.5. The third kappa shape index (κ3) is 4.72. The third-order valence-electron chi connectivity index (χ3n) is 9.83. The van der Waals surface area contributed by atoms with Crippen molar-refractivity contribution in [1.29, 1.82) is 0 Å². The minimum Gasteiger partial charge on any atom is -0.489 e. The molecule has 0 spiro atoms. The van der Waals surface area contributed by atoms with Gasteiger partial charge < -0.3 is 14.8 Å². The lowest BCUT2D eigenvalue weighted by atomic mass is 9.68. The fourth-order valence-electron chi connectivity index (χ4n) is 8.32. The number of carbonyl (C=O) groups excluding carboxylic acids is 2. The van der Waals surface area contributed by atoms with Crippen LogP contribution < -0.4 is 9.61 Å². The minimum absolute atomic E-state index is 0.00485. The zero-order valence-electron chi connectivity index (χ0n) is 24.5. The number of hydrogen-bond acceptors (Lipinski definition) is 7. The van der Waals surface area contributed by atoms with Crippen LogP contribution in [0.2, 0.25) is 5.02 Å². The molecule has 2 N–H and O–H groups in total. The van der Waals surface area contributed by atoms with Crippen LogP contribution in [0.3, 0.4) is 0 Å². The van der Waals surface area contributed by atoms with Crippen molar-refractivity contribution in [3.63, 3.8) is 0 Å². The number of hydrogen-bond donors (Lipinski definition) is 2. The highest BCUT2D eigenvalue weighted by Crippen LogP contribution is 2.69. The molecule has 1 saturated heterocycles. The van der Waals surface area contributed by atoms with Crippen LogP contribution in [-0.2, 0) is 21.0 Å². The number of thiazole rings is 1. The Labute approximate surface area is 268 Å². The van der Waals surface area contributed by atoms with Gasteiger partial charge in [0.1, 0.15) is 18.4 Å². The molecule has 3 heterocycles. The highest BCUT2D eigenvalue weighted by atomic mass is 35.5. The first kappa shape index (κ1) is 29.6. The second-order valence-electron chi connectivity index (χ2n) is 13.0. The number of imide groups is 1. The van der Waals surface area contributed by atoms with E-state index in [1.807, 2.05) is 51.1 Å². The number of likely N-dealkylation sites (tertiary alicyclic amines) is 1. The smallest absolute Gasteiger partial charge is 0.326 e. The summed E-state index contributed by atoms with van der Waals surface area (Å²) in [5.74, 6) is -2.89. The number of aromatic amines is 1. The van der Waals surface area contributed by atoms with E-state index < -0.39 is 23.8 Å². The number of fused-ring (bicyclic) bond motifs is 9. The first-order valence-corrected chi connectivity index (χ1v) is 17.1. The molecule has 2 amide bonds. The number of benzene rings is 2. The Morgan fingerprint density at radius 2 is 1.86 bits per heavy atom. The van der Waals surface area contributed by atoms with E-state index in [1.54, 1.807) is 17.8 Å². The molecule has 8 nitrogen and oxygen atoms in total. The first-order chi connectivity index (χ1) is 21.0. The number of thioether (sulfide) groups is 1. The summed E-state index contributed by atoms with van der Waals surface area (Å²) in [5, 5.41) is 11.3. The second-order valence-corrected chi connectivity index (χ2v) is 15.6. The summed E-state index contributed by atoms with van der Waals surface area (Å²) in [5.41, 5.74) is 3.02. The number of nitrogens with one attached hydrogen (secondary N) is 1. The number of carboxylic acids is 1. The number of carbonyl (C=O) groups is 3. The zero-order valence-corrected chi connectivity index (χ0v) is 26.9. The van der Waals surface area contributed by atoms with E-state index in [-0.39, 0.29) is 57.9 Å². The molecular weight excluding hydrogens is 620 g/mol. The van der Waals surface area contributed by atoms with E-state index >= 15 is 0 Å². The highest BCUT2D eigenvalue weighted by Gasteiger charge is 2.70. The molecule has 2 aromatic carbocycles. The van der Waals surface area contributed by atoms with E-state index in [4.69, 9.17) is 16.3 Å². The molecule has 7 unspecified atom stereocenters. The number of aryl methyl sites for hydroxylation is 1. The van der Waals surface area contributed by atoms with Crippen LogP contribution in [0.15, 0.2) is 52.3 Å². The van der Waals surface area contributed by atoms with Gasteiger partial charge in [0.15, 0.2) is 0 Å². The lowest BCUT2D eigenvalue weighted by molar-refractivity contribution is -0.156. The maximum absolute atomic E-state index is 14.0. The Morgan fingerprint density at radius 3 is 2.57 bits per heavy atom. The van der Waals surface area contributed by atoms with Crippen LogP contribution in [0.5, 0.6) is 5.75 Å². The second kappa shape index (κ2) is 11.1. The third-order valence-corrected chi connectivity index (χ3v) is 12.7. The fourth-order valence-corrected chi connectivity index (χ4v) is 11.4. The normalized spacial score (nSPS) is 29.1. The standard InChI is InChI=1S/C33H33ClN2O6S2/c1-14(2)9-21(32(39)40)36-30(37)25-19-12-20(26(25)31(36)38)27-24(19)23(28-29(43-27)35-33(41)44-28)18-11-17(34)7-8-22(18)42-13-16-6-4-5-15(3)10-16/h4-8,10-11,14,19-21,23-27H,9,12-13H2,1-3H3,(H,35,41)(H,39,40)/t19?,20?,21?,23-,24?,25?,26?,27?/m1/s1. The molecule has 3 fully saturated rings. The predicted molar refractivity (Wildman–Crippen MR) is 168 cm³/mol. The van der Waals surface area contributed by atoms with Crippen LogP contribution in [0.25, 0.3) is 0 Å². The topological polar surface area (TPSA) is 117 Å². The summed E-state index contributed by atoms with van der Waals surface area (Å²) in [4.78, 5) is 57.7. The molecular formula is C33H33ClN2O6S2. The van der Waals surface area contributed by atoms with Gasteiger partial charge in [-0.1, -0.05) is 66.6 Å². The Balaban J connectivity index is 1.29. The van der Waals surface area contributed by atoms with Gasteiger partial charge in [-0.15, -0.1) is 11.8 Å². The minimum atomic E-state index is -1.17. The molecule has 7 rings (SSSR count). The number of halogens is 1. The van der Waals surface area contributed by atoms with Gasteiger partial charge in [0.05, 0.1) is 16.9 Å². The molecule has 3 aromatic rings. The molecule has 0 radical (unpaired) electrons. The molecule has 44 heavy (non-hydrogen) atoms. The molecule has 4 aliphatic rings. The van der Waals surface area contributed by atoms with Gasteiger partial charge >= 0.3 is 10.8 Å². The summed E-state index contributed by atoms with van der Waals surface area (Å²) < 4.78 is 6.43. The van der Waals surface area contributed by atoms with Crippen molar-refractivity contribution in [3.8, 4) is 5.75 Å². The van der Waals surface area contributed by atoms with E-state index in [0.717, 1.165) is 31.5 Å². The van der Waals surface area contributed by atoms with Crippen molar-refractivity contribution in [2.45, 2.75) is 62.5 Å². The van der Waals surface area contributed by atoms with Crippen molar-refractivity contribution >= 4 is 52.5 Å². The molecule has 2 aliphatic heterocycles. The maximum atomic E-state index is 14.0. The van der Waals surface area contributed by atoms with E-state index in [2.05, 4.69) is 11.1 Å². The number of carboxylic acid groups (broad SMARTS) is 1. The summed E-state index contributed by atoms with van der Waals surface area (Å²) in [6.07, 6.45) is 0.926. The first-order valence-electron chi connectivity index (χ1n) is 15.0. The van der Waals surface area contributed by atoms with Gasteiger partial charge in [0.2, 0.25) is 11.8 Å². The molecule has 1 aromatic heterocycles. The average Bonchev–Trinajstić information content (AvgIpc) is 3.70.